The fourth-order valence-electron chi connectivity index (χ4n) is 2.16. The number of carbonyl (C=O) groups excluding carboxylic acids is 1. The maximum absolute atomic E-state index is 12.0. The molecule has 1 aromatic heterocycles. The smallest absolute Gasteiger partial charge is 0.337 e. The van der Waals surface area contributed by atoms with Crippen LogP contribution in [0.3, 0.4) is 0 Å². The van der Waals surface area contributed by atoms with Crippen molar-refractivity contribution >= 4 is 29.0 Å². The van der Waals surface area contributed by atoms with Crippen LogP contribution in [0.25, 0.3) is 0 Å². The second-order valence-electron chi connectivity index (χ2n) is 5.47. The molecule has 7 heteroatoms. The number of benzene rings is 2. The molecule has 26 heavy (non-hydrogen) atoms. The highest BCUT2D eigenvalue weighted by Gasteiger charge is 2.05. The van der Waals surface area contributed by atoms with E-state index >= 15 is 0 Å². The first-order chi connectivity index (χ1) is 12.6. The number of nitrogens with zero attached hydrogens (tertiary/aromatic N) is 1. The minimum atomic E-state index is -0.396. The number of hydrogen-bond acceptors (Lipinski definition) is 4. The summed E-state index contributed by atoms with van der Waals surface area (Å²) in [5.74, 6) is 1.39. The lowest BCUT2D eigenvalue weighted by Gasteiger charge is -2.12. The third-order valence-electron chi connectivity index (χ3n) is 3.51. The molecule has 0 spiro atoms. The van der Waals surface area contributed by atoms with Gasteiger partial charge in [-0.15, -0.1) is 0 Å². The van der Waals surface area contributed by atoms with Gasteiger partial charge in [-0.3, -0.25) is 15.8 Å². The van der Waals surface area contributed by atoms with Gasteiger partial charge in [0.25, 0.3) is 0 Å². The van der Waals surface area contributed by atoms with Gasteiger partial charge in [0.2, 0.25) is 0 Å². The average Bonchev–Trinajstić information content (AvgIpc) is 2.65. The highest BCUT2D eigenvalue weighted by Crippen LogP contribution is 2.22. The fraction of sp³-hybridized carbons (Fsp3) is 0.0526. The van der Waals surface area contributed by atoms with Crippen molar-refractivity contribution in [2.24, 2.45) is 0 Å². The first kappa shape index (κ1) is 17.6. The Balaban J connectivity index is 1.53. The van der Waals surface area contributed by atoms with Crippen molar-refractivity contribution in [1.82, 2.24) is 10.4 Å². The average molecular weight is 369 g/mol. The zero-order chi connectivity index (χ0) is 18.4. The van der Waals surface area contributed by atoms with Gasteiger partial charge in [-0.1, -0.05) is 17.7 Å². The van der Waals surface area contributed by atoms with E-state index in [9.17, 15) is 4.79 Å². The molecule has 0 fully saturated rings. The Morgan fingerprint density at radius 1 is 1.00 bits per heavy atom. The van der Waals surface area contributed by atoms with Crippen LogP contribution in [0.1, 0.15) is 5.56 Å². The van der Waals surface area contributed by atoms with Gasteiger partial charge in [-0.05, 0) is 61.0 Å². The number of aryl methyl sites for hydroxylation is 1. The lowest BCUT2D eigenvalue weighted by Crippen LogP contribution is -2.33. The summed E-state index contributed by atoms with van der Waals surface area (Å²) < 4.78 is 5.68. The van der Waals surface area contributed by atoms with E-state index in [1.54, 1.807) is 60.9 Å². The molecule has 0 bridgehead atoms. The van der Waals surface area contributed by atoms with Crippen molar-refractivity contribution in [1.29, 1.82) is 0 Å². The summed E-state index contributed by atoms with van der Waals surface area (Å²) in [4.78, 5) is 15.9. The summed E-state index contributed by atoms with van der Waals surface area (Å²) in [6, 6.07) is 15.6. The first-order valence-corrected chi connectivity index (χ1v) is 8.25. The Morgan fingerprint density at radius 2 is 1.69 bits per heavy atom. The first-order valence-electron chi connectivity index (χ1n) is 7.87. The number of carbonyl (C=O) groups is 1. The summed E-state index contributed by atoms with van der Waals surface area (Å²) in [7, 11) is 0. The normalized spacial score (nSPS) is 10.1. The molecule has 2 aromatic carbocycles. The Bertz CT molecular complexity index is 886. The number of ether oxygens (including phenoxy) is 1. The van der Waals surface area contributed by atoms with Crippen molar-refractivity contribution < 1.29 is 9.53 Å². The van der Waals surface area contributed by atoms with E-state index in [1.807, 2.05) is 13.0 Å². The highest BCUT2D eigenvalue weighted by atomic mass is 35.5. The number of urea groups is 1. The molecule has 3 N–H and O–H groups in total. The number of hydrazine groups is 1. The largest absolute Gasteiger partial charge is 0.457 e. The van der Waals surface area contributed by atoms with E-state index in [0.29, 0.717) is 27.9 Å². The number of nitrogens with one attached hydrogen (secondary N) is 3. The lowest BCUT2D eigenvalue weighted by molar-refractivity contribution is 0.254. The maximum Gasteiger partial charge on any atom is 0.337 e. The summed E-state index contributed by atoms with van der Waals surface area (Å²) >= 11 is 5.94. The van der Waals surface area contributed by atoms with Crippen LogP contribution in [0.4, 0.5) is 16.2 Å². The predicted octanol–water partition coefficient (Wildman–Crippen LogP) is 4.98. The van der Waals surface area contributed by atoms with Gasteiger partial charge in [0.1, 0.15) is 11.5 Å². The second-order valence-corrected chi connectivity index (χ2v) is 5.91. The molecule has 0 saturated heterocycles. The number of halogens is 1. The van der Waals surface area contributed by atoms with E-state index in [1.165, 1.54) is 0 Å². The molecule has 0 aliphatic carbocycles. The Labute approximate surface area is 156 Å². The fourth-order valence-corrected chi connectivity index (χ4v) is 2.33. The van der Waals surface area contributed by atoms with Crippen LogP contribution in [0, 0.1) is 6.92 Å². The Kier molecular flexibility index (Phi) is 5.56. The van der Waals surface area contributed by atoms with Gasteiger partial charge in [0.15, 0.2) is 0 Å². The standard InChI is InChI=1S/C19H17ClN4O2/c1-13-2-3-14(20)12-18(13)22-19(25)24-23-15-4-6-16(7-5-15)26-17-8-10-21-11-9-17/h2-12,23H,1H3,(H2,22,24,25). The van der Waals surface area contributed by atoms with E-state index in [0.717, 1.165) is 5.56 Å². The SMILES string of the molecule is Cc1ccc(Cl)cc1NC(=O)NNc1ccc(Oc2ccncc2)cc1. The predicted molar refractivity (Wildman–Crippen MR) is 103 cm³/mol. The molecule has 2 amide bonds. The molecule has 0 atom stereocenters. The zero-order valence-corrected chi connectivity index (χ0v) is 14.7. The lowest BCUT2D eigenvalue weighted by atomic mass is 10.2. The summed E-state index contributed by atoms with van der Waals surface area (Å²) in [6.07, 6.45) is 3.32. The second kappa shape index (κ2) is 8.22. The van der Waals surface area contributed by atoms with Crippen LogP contribution in [0.15, 0.2) is 67.0 Å². The molecule has 3 aromatic rings. The molecule has 6 nitrogen and oxygen atoms in total. The van der Waals surface area contributed by atoms with Crippen LogP contribution in [0.5, 0.6) is 11.5 Å². The van der Waals surface area contributed by atoms with E-state index in [4.69, 9.17) is 16.3 Å². The number of pyridine rings is 1. The summed E-state index contributed by atoms with van der Waals surface area (Å²) in [6.45, 7) is 1.89. The Hall–Kier alpha value is -3.25. The molecule has 0 aliphatic rings. The van der Waals surface area contributed by atoms with Gasteiger partial charge >= 0.3 is 6.03 Å². The van der Waals surface area contributed by atoms with Gasteiger partial charge < -0.3 is 10.1 Å². The number of aromatic nitrogens is 1. The number of rotatable bonds is 5. The quantitative estimate of drug-likeness (QED) is 0.555. The minimum absolute atomic E-state index is 0.396. The molecule has 132 valence electrons. The minimum Gasteiger partial charge on any atom is -0.457 e. The van der Waals surface area contributed by atoms with Crippen LogP contribution in [-0.2, 0) is 0 Å². The van der Waals surface area contributed by atoms with E-state index in [2.05, 4.69) is 21.2 Å². The Morgan fingerprint density at radius 3 is 2.42 bits per heavy atom. The van der Waals surface area contributed by atoms with Crippen LogP contribution in [0.2, 0.25) is 5.02 Å². The molecular weight excluding hydrogens is 352 g/mol. The van der Waals surface area contributed by atoms with Crippen molar-refractivity contribution in [3.63, 3.8) is 0 Å². The molecule has 1 heterocycles. The van der Waals surface area contributed by atoms with Gasteiger partial charge in [0, 0.05) is 23.1 Å². The van der Waals surface area contributed by atoms with Gasteiger partial charge in [-0.2, -0.15) is 0 Å². The van der Waals surface area contributed by atoms with Crippen molar-refractivity contribution in [2.45, 2.75) is 6.92 Å². The monoisotopic (exact) mass is 368 g/mol. The number of anilines is 2. The van der Waals surface area contributed by atoms with Gasteiger partial charge in [0.05, 0.1) is 5.69 Å². The van der Waals surface area contributed by atoms with E-state index in [-0.39, 0.29) is 0 Å². The highest BCUT2D eigenvalue weighted by molar-refractivity contribution is 6.31. The van der Waals surface area contributed by atoms with Crippen LogP contribution < -0.4 is 20.9 Å². The van der Waals surface area contributed by atoms with Crippen molar-refractivity contribution in [3.8, 4) is 11.5 Å². The molecular formula is C19H17ClN4O2. The van der Waals surface area contributed by atoms with Crippen molar-refractivity contribution in [3.05, 3.63) is 77.6 Å². The molecule has 3 rings (SSSR count). The molecule has 0 aliphatic heterocycles. The summed E-state index contributed by atoms with van der Waals surface area (Å²) in [5, 5.41) is 3.30. The zero-order valence-electron chi connectivity index (χ0n) is 14.0. The van der Waals surface area contributed by atoms with Crippen molar-refractivity contribution in [2.75, 3.05) is 10.7 Å². The third-order valence-corrected chi connectivity index (χ3v) is 3.74. The van der Waals surface area contributed by atoms with Crippen LogP contribution in [-0.4, -0.2) is 11.0 Å². The molecule has 0 radical (unpaired) electrons. The summed E-state index contributed by atoms with van der Waals surface area (Å²) in [5.41, 5.74) is 7.68. The number of hydrogen-bond donors (Lipinski definition) is 3. The van der Waals surface area contributed by atoms with Crippen LogP contribution >= 0.6 is 11.6 Å². The number of amides is 2. The molecule has 0 unspecified atom stereocenters. The van der Waals surface area contributed by atoms with Gasteiger partial charge in [-0.25, -0.2) is 4.79 Å². The van der Waals surface area contributed by atoms with E-state index < -0.39 is 6.03 Å². The topological polar surface area (TPSA) is 75.3 Å². The third kappa shape index (κ3) is 4.87. The maximum atomic E-state index is 12.0. The molecule has 0 saturated carbocycles.